The number of carbonyl (C=O) groups is 1. The van der Waals surface area contributed by atoms with Gasteiger partial charge in [0, 0.05) is 39.1 Å². The molecule has 7 nitrogen and oxygen atoms in total. The summed E-state index contributed by atoms with van der Waals surface area (Å²) < 4.78 is 5.33. The second-order valence-electron chi connectivity index (χ2n) is 5.74. The van der Waals surface area contributed by atoms with Crippen LogP contribution < -0.4 is 5.32 Å². The summed E-state index contributed by atoms with van der Waals surface area (Å²) in [5.74, 6) is 1.56. The molecule has 0 aromatic carbocycles. The Hall–Kier alpha value is -1.47. The van der Waals surface area contributed by atoms with Crippen LogP contribution in [0.25, 0.3) is 0 Å². The van der Waals surface area contributed by atoms with Crippen LogP contribution in [0.3, 0.4) is 0 Å². The summed E-state index contributed by atoms with van der Waals surface area (Å²) in [6, 6.07) is 0.129. The number of aryl methyl sites for hydroxylation is 1. The van der Waals surface area contributed by atoms with Gasteiger partial charge in [0.25, 0.3) is 0 Å². The van der Waals surface area contributed by atoms with Gasteiger partial charge in [-0.15, -0.1) is 0 Å². The number of hydrogen-bond donors (Lipinski definition) is 1. The van der Waals surface area contributed by atoms with Crippen LogP contribution in [0.4, 0.5) is 0 Å². The molecule has 1 amide bonds. The molecule has 1 aliphatic heterocycles. The lowest BCUT2D eigenvalue weighted by Gasteiger charge is -2.36. The molecule has 22 heavy (non-hydrogen) atoms. The number of nitrogens with one attached hydrogen (secondary N) is 1. The van der Waals surface area contributed by atoms with Crippen LogP contribution in [-0.2, 0) is 11.2 Å². The van der Waals surface area contributed by atoms with Crippen LogP contribution >= 0.6 is 0 Å². The Bertz CT molecular complexity index is 468. The van der Waals surface area contributed by atoms with Gasteiger partial charge in [-0.05, 0) is 13.3 Å². The molecule has 1 unspecified atom stereocenters. The maximum Gasteiger partial charge on any atom is 0.243 e. The summed E-state index contributed by atoms with van der Waals surface area (Å²) in [6.45, 7) is 11.0. The average Bonchev–Trinajstić information content (AvgIpc) is 3.02. The minimum absolute atomic E-state index is 0.118. The highest BCUT2D eigenvalue weighted by Gasteiger charge is 2.26. The van der Waals surface area contributed by atoms with Crippen molar-refractivity contribution >= 4 is 5.91 Å². The molecule has 1 aromatic heterocycles. The van der Waals surface area contributed by atoms with E-state index in [1.54, 1.807) is 0 Å². The maximum absolute atomic E-state index is 11.7. The minimum Gasteiger partial charge on any atom is -0.355 e. The van der Waals surface area contributed by atoms with Gasteiger partial charge in [-0.25, -0.2) is 0 Å². The summed E-state index contributed by atoms with van der Waals surface area (Å²) in [7, 11) is 0. The quantitative estimate of drug-likeness (QED) is 0.804. The molecule has 2 rings (SSSR count). The first-order chi connectivity index (χ1) is 10.6. The lowest BCUT2D eigenvalue weighted by molar-refractivity contribution is -0.122. The van der Waals surface area contributed by atoms with Crippen molar-refractivity contribution in [2.75, 3.05) is 39.3 Å². The van der Waals surface area contributed by atoms with E-state index in [-0.39, 0.29) is 11.9 Å². The monoisotopic (exact) mass is 309 g/mol. The van der Waals surface area contributed by atoms with Crippen molar-refractivity contribution in [2.45, 2.75) is 39.7 Å². The predicted octanol–water partition coefficient (Wildman–Crippen LogP) is 0.837. The van der Waals surface area contributed by atoms with E-state index in [0.29, 0.717) is 12.4 Å². The second-order valence-corrected chi connectivity index (χ2v) is 5.74. The molecular weight excluding hydrogens is 282 g/mol. The molecule has 1 N–H and O–H groups in total. The molecule has 0 saturated carbocycles. The Morgan fingerprint density at radius 2 is 2.05 bits per heavy atom. The van der Waals surface area contributed by atoms with Gasteiger partial charge in [0.1, 0.15) is 0 Å². The van der Waals surface area contributed by atoms with Gasteiger partial charge in [-0.1, -0.05) is 19.0 Å². The summed E-state index contributed by atoms with van der Waals surface area (Å²) in [4.78, 5) is 20.7. The smallest absolute Gasteiger partial charge is 0.243 e. The molecule has 7 heteroatoms. The predicted molar refractivity (Wildman–Crippen MR) is 83.4 cm³/mol. The van der Waals surface area contributed by atoms with Crippen LogP contribution in [0, 0.1) is 0 Å². The SMILES string of the molecule is CCCNC(=O)CN1CCN(C(C)c2nc(CC)no2)CC1. The zero-order chi connectivity index (χ0) is 15.9. The van der Waals surface area contributed by atoms with Gasteiger partial charge >= 0.3 is 0 Å². The van der Waals surface area contributed by atoms with E-state index in [4.69, 9.17) is 4.52 Å². The van der Waals surface area contributed by atoms with Gasteiger partial charge in [-0.3, -0.25) is 14.6 Å². The number of hydrogen-bond acceptors (Lipinski definition) is 6. The molecule has 1 saturated heterocycles. The Morgan fingerprint density at radius 3 is 2.64 bits per heavy atom. The number of aromatic nitrogens is 2. The lowest BCUT2D eigenvalue weighted by Crippen LogP contribution is -2.50. The largest absolute Gasteiger partial charge is 0.355 e. The van der Waals surface area contributed by atoms with Crippen LogP contribution in [0.5, 0.6) is 0 Å². The van der Waals surface area contributed by atoms with E-state index in [9.17, 15) is 4.79 Å². The number of rotatable bonds is 7. The van der Waals surface area contributed by atoms with Gasteiger partial charge in [0.05, 0.1) is 12.6 Å². The van der Waals surface area contributed by atoms with Crippen molar-refractivity contribution in [3.8, 4) is 0 Å². The first kappa shape index (κ1) is 16.9. The van der Waals surface area contributed by atoms with Crippen molar-refractivity contribution in [1.82, 2.24) is 25.3 Å². The number of amides is 1. The normalized spacial score (nSPS) is 18.3. The molecule has 0 spiro atoms. The fourth-order valence-electron chi connectivity index (χ4n) is 2.57. The van der Waals surface area contributed by atoms with E-state index in [2.05, 4.69) is 39.1 Å². The van der Waals surface area contributed by atoms with Crippen molar-refractivity contribution in [3.63, 3.8) is 0 Å². The molecule has 0 radical (unpaired) electrons. The third-order valence-electron chi connectivity index (χ3n) is 4.05. The standard InChI is InChI=1S/C15H27N5O2/c1-4-6-16-14(21)11-19-7-9-20(10-8-19)12(3)15-17-13(5-2)18-22-15/h12H,4-11H2,1-3H3,(H,16,21). The van der Waals surface area contributed by atoms with Crippen molar-refractivity contribution in [3.05, 3.63) is 11.7 Å². The average molecular weight is 309 g/mol. The number of piperazine rings is 1. The van der Waals surface area contributed by atoms with E-state index in [1.807, 2.05) is 6.92 Å². The van der Waals surface area contributed by atoms with Crippen molar-refractivity contribution < 1.29 is 9.32 Å². The maximum atomic E-state index is 11.7. The first-order valence-corrected chi connectivity index (χ1v) is 8.19. The highest BCUT2D eigenvalue weighted by molar-refractivity contribution is 5.77. The fraction of sp³-hybridized carbons (Fsp3) is 0.800. The van der Waals surface area contributed by atoms with Crippen LogP contribution in [-0.4, -0.2) is 65.1 Å². The molecule has 1 fully saturated rings. The topological polar surface area (TPSA) is 74.5 Å². The summed E-state index contributed by atoms with van der Waals surface area (Å²) in [5.41, 5.74) is 0. The Labute approximate surface area is 132 Å². The molecule has 124 valence electrons. The lowest BCUT2D eigenvalue weighted by atomic mass is 10.2. The molecule has 1 aliphatic rings. The second kappa shape index (κ2) is 8.24. The third kappa shape index (κ3) is 4.51. The van der Waals surface area contributed by atoms with Gasteiger partial charge in [-0.2, -0.15) is 4.98 Å². The van der Waals surface area contributed by atoms with Crippen LogP contribution in [0.1, 0.15) is 44.9 Å². The molecule has 2 heterocycles. The van der Waals surface area contributed by atoms with E-state index in [0.717, 1.165) is 51.4 Å². The van der Waals surface area contributed by atoms with E-state index < -0.39 is 0 Å². The van der Waals surface area contributed by atoms with Crippen molar-refractivity contribution in [1.29, 1.82) is 0 Å². The Morgan fingerprint density at radius 1 is 1.32 bits per heavy atom. The zero-order valence-corrected chi connectivity index (χ0v) is 13.8. The molecule has 1 aromatic rings. The zero-order valence-electron chi connectivity index (χ0n) is 13.8. The Balaban J connectivity index is 1.77. The van der Waals surface area contributed by atoms with Crippen molar-refractivity contribution in [2.24, 2.45) is 0 Å². The summed E-state index contributed by atoms with van der Waals surface area (Å²) in [5, 5.41) is 6.88. The first-order valence-electron chi connectivity index (χ1n) is 8.19. The van der Waals surface area contributed by atoms with Gasteiger partial charge in [0.15, 0.2) is 5.82 Å². The molecule has 0 bridgehead atoms. The third-order valence-corrected chi connectivity index (χ3v) is 4.05. The Kier molecular flexibility index (Phi) is 6.33. The number of nitrogens with zero attached hydrogens (tertiary/aromatic N) is 4. The van der Waals surface area contributed by atoms with Gasteiger partial charge < -0.3 is 9.84 Å². The summed E-state index contributed by atoms with van der Waals surface area (Å²) in [6.07, 6.45) is 1.76. The minimum atomic E-state index is 0.118. The van der Waals surface area contributed by atoms with E-state index in [1.165, 1.54) is 0 Å². The fourth-order valence-corrected chi connectivity index (χ4v) is 2.57. The van der Waals surface area contributed by atoms with E-state index >= 15 is 0 Å². The number of carbonyl (C=O) groups excluding carboxylic acids is 1. The molecule has 1 atom stereocenters. The highest BCUT2D eigenvalue weighted by atomic mass is 16.5. The van der Waals surface area contributed by atoms with Crippen LogP contribution in [0.15, 0.2) is 4.52 Å². The summed E-state index contributed by atoms with van der Waals surface area (Å²) >= 11 is 0. The van der Waals surface area contributed by atoms with Crippen LogP contribution in [0.2, 0.25) is 0 Å². The highest BCUT2D eigenvalue weighted by Crippen LogP contribution is 2.20. The molecular formula is C15H27N5O2. The van der Waals surface area contributed by atoms with Gasteiger partial charge in [0.2, 0.25) is 11.8 Å². The molecule has 0 aliphatic carbocycles.